The van der Waals surface area contributed by atoms with Crippen molar-refractivity contribution in [1.29, 1.82) is 0 Å². The number of aryl methyl sites for hydroxylation is 1. The molecule has 2 aliphatic rings. The lowest BCUT2D eigenvalue weighted by atomic mass is 9.97. The molecule has 3 N–H and O–H groups in total. The maximum absolute atomic E-state index is 9.56. The summed E-state index contributed by atoms with van der Waals surface area (Å²) in [5.74, 6) is 1.91. The fourth-order valence-corrected chi connectivity index (χ4v) is 5.52. The van der Waals surface area contributed by atoms with Gasteiger partial charge in [-0.3, -0.25) is 0 Å². The number of aliphatic hydroxyl groups excluding tert-OH is 1. The lowest BCUT2D eigenvalue weighted by Crippen LogP contribution is -2.25. The predicted molar refractivity (Wildman–Crippen MR) is 128 cm³/mol. The maximum atomic E-state index is 9.56. The van der Waals surface area contributed by atoms with Crippen LogP contribution in [-0.2, 0) is 13.0 Å². The van der Waals surface area contributed by atoms with Crippen molar-refractivity contribution in [1.82, 2.24) is 19.9 Å². The van der Waals surface area contributed by atoms with Crippen molar-refractivity contribution >= 4 is 23.1 Å². The average molecular weight is 445 g/mol. The number of aliphatic hydroxyl groups is 1. The van der Waals surface area contributed by atoms with Gasteiger partial charge < -0.3 is 20.6 Å². The molecular formula is C23H36N6OS. The Kier molecular flexibility index (Phi) is 6.51. The third kappa shape index (κ3) is 5.35. The van der Waals surface area contributed by atoms with Crippen molar-refractivity contribution in [3.63, 3.8) is 0 Å². The van der Waals surface area contributed by atoms with Gasteiger partial charge in [0.15, 0.2) is 0 Å². The van der Waals surface area contributed by atoms with Gasteiger partial charge in [-0.15, -0.1) is 11.3 Å². The second-order valence-corrected chi connectivity index (χ2v) is 11.4. The normalized spacial score (nSPS) is 21.9. The van der Waals surface area contributed by atoms with E-state index in [1.165, 1.54) is 10.6 Å². The van der Waals surface area contributed by atoms with Gasteiger partial charge >= 0.3 is 0 Å². The summed E-state index contributed by atoms with van der Waals surface area (Å²) in [6, 6.07) is 0.321. The summed E-state index contributed by atoms with van der Waals surface area (Å²) in [6.07, 6.45) is 4.14. The number of nitrogens with zero attached hydrogens (tertiary/aromatic N) is 4. The van der Waals surface area contributed by atoms with E-state index in [0.717, 1.165) is 67.4 Å². The lowest BCUT2D eigenvalue weighted by Gasteiger charge is -2.21. The summed E-state index contributed by atoms with van der Waals surface area (Å²) in [5, 5.41) is 17.7. The molecule has 2 unspecified atom stereocenters. The Balaban J connectivity index is 1.67. The fourth-order valence-electron chi connectivity index (χ4n) is 4.36. The van der Waals surface area contributed by atoms with E-state index in [-0.39, 0.29) is 12.0 Å². The van der Waals surface area contributed by atoms with Crippen molar-refractivity contribution in [2.24, 2.45) is 11.3 Å². The summed E-state index contributed by atoms with van der Waals surface area (Å²) >= 11 is 1.79. The molecule has 1 aliphatic heterocycles. The first-order chi connectivity index (χ1) is 14.7. The quantitative estimate of drug-likeness (QED) is 0.622. The number of rotatable bonds is 6. The van der Waals surface area contributed by atoms with E-state index in [9.17, 15) is 5.11 Å². The van der Waals surface area contributed by atoms with Crippen LogP contribution in [0.15, 0.2) is 0 Å². The molecular weight excluding hydrogens is 408 g/mol. The highest BCUT2D eigenvalue weighted by molar-refractivity contribution is 7.15. The van der Waals surface area contributed by atoms with Crippen LogP contribution >= 0.6 is 11.3 Å². The molecule has 2 aromatic rings. The van der Waals surface area contributed by atoms with E-state index < -0.39 is 0 Å². The van der Waals surface area contributed by atoms with Crippen LogP contribution in [0.5, 0.6) is 0 Å². The zero-order valence-corrected chi connectivity index (χ0v) is 20.3. The average Bonchev–Trinajstić information content (AvgIpc) is 3.31. The maximum Gasteiger partial charge on any atom is 0.224 e. The number of nitrogens with one attached hydrogen (secondary N) is 2. The number of hydrogen-bond acceptors (Lipinski definition) is 8. The van der Waals surface area contributed by atoms with Crippen LogP contribution in [-0.4, -0.2) is 57.7 Å². The van der Waals surface area contributed by atoms with Gasteiger partial charge in [0.2, 0.25) is 5.95 Å². The second-order valence-electron chi connectivity index (χ2n) is 10.4. The third-order valence-corrected chi connectivity index (χ3v) is 7.31. The van der Waals surface area contributed by atoms with Crippen LogP contribution < -0.4 is 10.6 Å². The molecule has 0 aromatic carbocycles. The summed E-state index contributed by atoms with van der Waals surface area (Å²) in [5.41, 5.74) is 3.31. The topological polar surface area (TPSA) is 86.2 Å². The number of anilines is 2. The highest BCUT2D eigenvalue weighted by atomic mass is 32.1. The highest BCUT2D eigenvalue weighted by Gasteiger charge is 2.28. The van der Waals surface area contributed by atoms with Crippen molar-refractivity contribution < 1.29 is 5.11 Å². The zero-order valence-electron chi connectivity index (χ0n) is 19.5. The molecule has 1 fully saturated rings. The number of fused-ring (bicyclic) bond motifs is 1. The lowest BCUT2D eigenvalue weighted by molar-refractivity contribution is 0.229. The van der Waals surface area contributed by atoms with Crippen molar-refractivity contribution in [3.05, 3.63) is 16.3 Å². The Morgan fingerprint density at radius 1 is 1.19 bits per heavy atom. The molecule has 1 saturated carbocycles. The summed E-state index contributed by atoms with van der Waals surface area (Å²) in [7, 11) is 2.15. The van der Waals surface area contributed by atoms with Crippen molar-refractivity contribution in [2.75, 3.05) is 37.4 Å². The van der Waals surface area contributed by atoms with Crippen LogP contribution in [0.2, 0.25) is 0 Å². The molecule has 31 heavy (non-hydrogen) atoms. The van der Waals surface area contributed by atoms with Crippen LogP contribution in [0.4, 0.5) is 11.8 Å². The first-order valence-corrected chi connectivity index (χ1v) is 12.2. The second kappa shape index (κ2) is 9.00. The molecule has 2 atom stereocenters. The Morgan fingerprint density at radius 3 is 2.71 bits per heavy atom. The smallest absolute Gasteiger partial charge is 0.224 e. The van der Waals surface area contributed by atoms with E-state index in [2.05, 4.69) is 50.3 Å². The largest absolute Gasteiger partial charge is 0.396 e. The molecule has 0 spiro atoms. The van der Waals surface area contributed by atoms with Gasteiger partial charge in [0.25, 0.3) is 0 Å². The Labute approximate surface area is 189 Å². The monoisotopic (exact) mass is 444 g/mol. The van der Waals surface area contributed by atoms with Gasteiger partial charge in [0, 0.05) is 37.2 Å². The SMILES string of the molecule is Cc1nc(NCC(C)(C)C)nc(NC2CCC(CO)C2)c1-c1nc2c(s1)CCN(C)C2. The zero-order chi connectivity index (χ0) is 22.2. The van der Waals surface area contributed by atoms with Crippen LogP contribution in [0.1, 0.15) is 56.3 Å². The van der Waals surface area contributed by atoms with Gasteiger partial charge in [-0.2, -0.15) is 4.98 Å². The standard InChI is InChI=1S/C23H36N6OS/c1-14-19(21-27-17-11-29(5)9-8-18(17)31-21)20(26-16-7-6-15(10-16)12-30)28-22(25-14)24-13-23(2,3)4/h15-16,30H,6-13H2,1-5H3,(H2,24,25,26,28). The summed E-state index contributed by atoms with van der Waals surface area (Å²) in [6.45, 7) is 11.7. The molecule has 170 valence electrons. The Morgan fingerprint density at radius 2 is 2.00 bits per heavy atom. The minimum Gasteiger partial charge on any atom is -0.396 e. The van der Waals surface area contributed by atoms with E-state index in [1.807, 2.05) is 0 Å². The van der Waals surface area contributed by atoms with Crippen LogP contribution in [0, 0.1) is 18.3 Å². The van der Waals surface area contributed by atoms with Gasteiger partial charge in [0.05, 0.1) is 17.0 Å². The highest BCUT2D eigenvalue weighted by Crippen LogP contribution is 2.38. The van der Waals surface area contributed by atoms with Gasteiger partial charge in [-0.05, 0) is 51.0 Å². The minimum atomic E-state index is 0.143. The molecule has 4 rings (SSSR count). The van der Waals surface area contributed by atoms with Crippen molar-refractivity contribution in [3.8, 4) is 10.6 Å². The van der Waals surface area contributed by atoms with E-state index >= 15 is 0 Å². The fraction of sp³-hybridized carbons (Fsp3) is 0.696. The molecule has 0 amide bonds. The Bertz CT molecular complexity index is 922. The number of hydrogen-bond donors (Lipinski definition) is 3. The summed E-state index contributed by atoms with van der Waals surface area (Å²) in [4.78, 5) is 18.4. The number of aromatic nitrogens is 3. The van der Waals surface area contributed by atoms with E-state index in [1.54, 1.807) is 11.3 Å². The third-order valence-electron chi connectivity index (χ3n) is 6.14. The molecule has 2 aromatic heterocycles. The van der Waals surface area contributed by atoms with Crippen LogP contribution in [0.25, 0.3) is 10.6 Å². The number of thiazole rings is 1. The van der Waals surface area contributed by atoms with Gasteiger partial charge in [-0.1, -0.05) is 20.8 Å². The number of likely N-dealkylation sites (N-methyl/N-ethyl adjacent to an activating group) is 1. The minimum absolute atomic E-state index is 0.143. The first kappa shape index (κ1) is 22.4. The molecule has 1 aliphatic carbocycles. The molecule has 3 heterocycles. The van der Waals surface area contributed by atoms with Crippen LogP contribution in [0.3, 0.4) is 0 Å². The van der Waals surface area contributed by atoms with Crippen molar-refractivity contribution in [2.45, 2.75) is 66.0 Å². The molecule has 0 saturated heterocycles. The first-order valence-electron chi connectivity index (χ1n) is 11.4. The van der Waals surface area contributed by atoms with Gasteiger partial charge in [-0.25, -0.2) is 9.97 Å². The molecule has 0 bridgehead atoms. The Hall–Kier alpha value is -1.77. The molecule has 7 nitrogen and oxygen atoms in total. The predicted octanol–water partition coefficient (Wildman–Crippen LogP) is 3.93. The van der Waals surface area contributed by atoms with E-state index in [0.29, 0.717) is 17.9 Å². The summed E-state index contributed by atoms with van der Waals surface area (Å²) < 4.78 is 0. The molecule has 8 heteroatoms. The van der Waals surface area contributed by atoms with E-state index in [4.69, 9.17) is 15.0 Å². The van der Waals surface area contributed by atoms with Gasteiger partial charge in [0.1, 0.15) is 10.8 Å². The molecule has 0 radical (unpaired) electrons.